The Morgan fingerprint density at radius 3 is 2.60 bits per heavy atom. The molecule has 1 aliphatic carbocycles. The standard InChI is InChI=1S/C15H15F3O2/c1-2-20-13(19)8-9-14(15(16,17)18)10-12(14)11-6-4-3-5-7-11/h3-9,12H,2,10H2,1H3/b9-8-. The molecule has 20 heavy (non-hydrogen) atoms. The minimum atomic E-state index is -4.38. The van der Waals surface area contributed by atoms with Crippen molar-refractivity contribution in [2.45, 2.75) is 25.4 Å². The van der Waals surface area contributed by atoms with Crippen molar-refractivity contribution in [1.82, 2.24) is 0 Å². The van der Waals surface area contributed by atoms with Gasteiger partial charge < -0.3 is 4.74 Å². The zero-order chi connectivity index (χ0) is 14.8. The van der Waals surface area contributed by atoms with Crippen LogP contribution in [0.2, 0.25) is 0 Å². The highest BCUT2D eigenvalue weighted by molar-refractivity contribution is 5.82. The number of hydrogen-bond donors (Lipinski definition) is 0. The first-order chi connectivity index (χ1) is 9.40. The molecule has 1 saturated carbocycles. The van der Waals surface area contributed by atoms with Gasteiger partial charge in [-0.2, -0.15) is 13.2 Å². The van der Waals surface area contributed by atoms with Gasteiger partial charge in [-0.3, -0.25) is 0 Å². The van der Waals surface area contributed by atoms with Gasteiger partial charge in [-0.25, -0.2) is 4.79 Å². The molecule has 0 aromatic heterocycles. The van der Waals surface area contributed by atoms with Crippen LogP contribution in [0.1, 0.15) is 24.8 Å². The number of carbonyl (C=O) groups is 1. The lowest BCUT2D eigenvalue weighted by molar-refractivity contribution is -0.173. The Bertz CT molecular complexity index is 508. The molecule has 2 atom stereocenters. The second-order valence-corrected chi connectivity index (χ2v) is 4.79. The molecule has 1 aromatic carbocycles. The summed E-state index contributed by atoms with van der Waals surface area (Å²) in [6.07, 6.45) is -2.57. The molecule has 0 radical (unpaired) electrons. The largest absolute Gasteiger partial charge is 0.463 e. The first-order valence-electron chi connectivity index (χ1n) is 6.38. The van der Waals surface area contributed by atoms with Crippen LogP contribution < -0.4 is 0 Å². The Hall–Kier alpha value is -1.78. The molecule has 2 nitrogen and oxygen atoms in total. The Morgan fingerprint density at radius 1 is 1.40 bits per heavy atom. The van der Waals surface area contributed by atoms with Crippen LogP contribution in [0.15, 0.2) is 42.5 Å². The molecule has 5 heteroatoms. The number of carbonyl (C=O) groups excluding carboxylic acids is 1. The fraction of sp³-hybridized carbons (Fsp3) is 0.400. The summed E-state index contributed by atoms with van der Waals surface area (Å²) >= 11 is 0. The summed E-state index contributed by atoms with van der Waals surface area (Å²) in [5.74, 6) is -1.37. The molecule has 1 aliphatic rings. The average molecular weight is 284 g/mol. The highest BCUT2D eigenvalue weighted by Gasteiger charge is 2.69. The monoisotopic (exact) mass is 284 g/mol. The molecule has 0 amide bonds. The molecule has 0 aliphatic heterocycles. The lowest BCUT2D eigenvalue weighted by atomic mass is 9.97. The van der Waals surface area contributed by atoms with Crippen LogP contribution in [-0.4, -0.2) is 18.8 Å². The number of allylic oxidation sites excluding steroid dienone is 1. The highest BCUT2D eigenvalue weighted by Crippen LogP contribution is 2.68. The zero-order valence-electron chi connectivity index (χ0n) is 11.0. The van der Waals surface area contributed by atoms with Gasteiger partial charge in [0.15, 0.2) is 0 Å². The van der Waals surface area contributed by atoms with Gasteiger partial charge in [-0.1, -0.05) is 36.4 Å². The Morgan fingerprint density at radius 2 is 2.05 bits per heavy atom. The second kappa shape index (κ2) is 5.31. The van der Waals surface area contributed by atoms with Crippen molar-refractivity contribution in [2.75, 3.05) is 6.61 Å². The van der Waals surface area contributed by atoms with E-state index in [1.54, 1.807) is 37.3 Å². The lowest BCUT2D eigenvalue weighted by Gasteiger charge is -2.17. The Labute approximate surface area is 115 Å². The minimum Gasteiger partial charge on any atom is -0.463 e. The molecule has 0 N–H and O–H groups in total. The van der Waals surface area contributed by atoms with Crippen molar-refractivity contribution in [2.24, 2.45) is 5.41 Å². The van der Waals surface area contributed by atoms with E-state index in [2.05, 4.69) is 4.74 Å². The topological polar surface area (TPSA) is 26.3 Å². The number of esters is 1. The van der Waals surface area contributed by atoms with Gasteiger partial charge in [-0.05, 0) is 18.9 Å². The summed E-state index contributed by atoms with van der Waals surface area (Å²) < 4.78 is 44.4. The fourth-order valence-corrected chi connectivity index (χ4v) is 2.38. The predicted molar refractivity (Wildman–Crippen MR) is 68.1 cm³/mol. The van der Waals surface area contributed by atoms with Crippen molar-refractivity contribution in [1.29, 1.82) is 0 Å². The number of rotatable bonds is 4. The van der Waals surface area contributed by atoms with Gasteiger partial charge in [0, 0.05) is 12.0 Å². The maximum Gasteiger partial charge on any atom is 0.398 e. The van der Waals surface area contributed by atoms with Gasteiger partial charge >= 0.3 is 12.1 Å². The van der Waals surface area contributed by atoms with Gasteiger partial charge in [0.05, 0.1) is 12.0 Å². The summed E-state index contributed by atoms with van der Waals surface area (Å²) in [5.41, 5.74) is -1.31. The summed E-state index contributed by atoms with van der Waals surface area (Å²) in [6.45, 7) is 1.75. The molecule has 0 saturated heterocycles. The number of alkyl halides is 3. The predicted octanol–water partition coefficient (Wildman–Crippen LogP) is 3.84. The third-order valence-corrected chi connectivity index (χ3v) is 3.54. The van der Waals surface area contributed by atoms with Crippen molar-refractivity contribution in [3.63, 3.8) is 0 Å². The minimum absolute atomic E-state index is 0.0313. The molecule has 2 rings (SSSR count). The lowest BCUT2D eigenvalue weighted by Crippen LogP contribution is -2.24. The molecular formula is C15H15F3O2. The summed E-state index contributed by atoms with van der Waals surface area (Å²) in [4.78, 5) is 11.2. The van der Waals surface area contributed by atoms with Crippen molar-refractivity contribution < 1.29 is 22.7 Å². The zero-order valence-corrected chi connectivity index (χ0v) is 11.0. The number of ether oxygens (including phenoxy) is 1. The van der Waals surface area contributed by atoms with Crippen LogP contribution in [0.4, 0.5) is 13.2 Å². The maximum absolute atomic E-state index is 13.3. The molecule has 2 unspecified atom stereocenters. The van der Waals surface area contributed by atoms with Crippen molar-refractivity contribution in [3.8, 4) is 0 Å². The number of hydrogen-bond acceptors (Lipinski definition) is 2. The van der Waals surface area contributed by atoms with E-state index >= 15 is 0 Å². The summed E-state index contributed by atoms with van der Waals surface area (Å²) in [7, 11) is 0. The molecule has 0 bridgehead atoms. The van der Waals surface area contributed by atoms with E-state index in [-0.39, 0.29) is 13.0 Å². The smallest absolute Gasteiger partial charge is 0.398 e. The van der Waals surface area contributed by atoms with Gasteiger partial charge in [0.1, 0.15) is 0 Å². The Kier molecular flexibility index (Phi) is 3.88. The molecule has 0 heterocycles. The van der Waals surface area contributed by atoms with Crippen LogP contribution >= 0.6 is 0 Å². The van der Waals surface area contributed by atoms with E-state index in [0.717, 1.165) is 12.2 Å². The van der Waals surface area contributed by atoms with E-state index in [9.17, 15) is 18.0 Å². The van der Waals surface area contributed by atoms with E-state index in [0.29, 0.717) is 5.56 Å². The molecule has 1 aromatic rings. The van der Waals surface area contributed by atoms with Crippen LogP contribution in [0.3, 0.4) is 0 Å². The first kappa shape index (κ1) is 14.6. The van der Waals surface area contributed by atoms with Crippen LogP contribution in [0.5, 0.6) is 0 Å². The second-order valence-electron chi connectivity index (χ2n) is 4.79. The normalized spacial score (nSPS) is 25.7. The Balaban J connectivity index is 2.21. The van der Waals surface area contributed by atoms with E-state index < -0.39 is 23.5 Å². The molecular weight excluding hydrogens is 269 g/mol. The summed E-state index contributed by atoms with van der Waals surface area (Å²) in [6, 6.07) is 8.54. The average Bonchev–Trinajstić information content (AvgIpc) is 3.14. The fourth-order valence-electron chi connectivity index (χ4n) is 2.38. The SMILES string of the molecule is CCOC(=O)/C=C\C1(C(F)(F)F)CC1c1ccccc1. The van der Waals surface area contributed by atoms with Crippen LogP contribution in [0.25, 0.3) is 0 Å². The van der Waals surface area contributed by atoms with E-state index in [1.807, 2.05) is 0 Å². The van der Waals surface area contributed by atoms with Gasteiger partial charge in [0.25, 0.3) is 0 Å². The van der Waals surface area contributed by atoms with Gasteiger partial charge in [0.2, 0.25) is 0 Å². The third kappa shape index (κ3) is 2.71. The quantitative estimate of drug-likeness (QED) is 0.620. The third-order valence-electron chi connectivity index (χ3n) is 3.54. The van der Waals surface area contributed by atoms with Crippen LogP contribution in [-0.2, 0) is 9.53 Å². The highest BCUT2D eigenvalue weighted by atomic mass is 19.4. The van der Waals surface area contributed by atoms with Crippen LogP contribution in [0, 0.1) is 5.41 Å². The van der Waals surface area contributed by atoms with Gasteiger partial charge in [-0.15, -0.1) is 0 Å². The van der Waals surface area contributed by atoms with E-state index in [4.69, 9.17) is 0 Å². The summed E-state index contributed by atoms with van der Waals surface area (Å²) in [5, 5.41) is 0. The molecule has 1 fully saturated rings. The first-order valence-corrected chi connectivity index (χ1v) is 6.38. The van der Waals surface area contributed by atoms with E-state index in [1.165, 1.54) is 0 Å². The van der Waals surface area contributed by atoms with Crippen molar-refractivity contribution in [3.05, 3.63) is 48.0 Å². The molecule has 0 spiro atoms. The number of halogens is 3. The maximum atomic E-state index is 13.3. The number of benzene rings is 1. The molecule has 108 valence electrons. The van der Waals surface area contributed by atoms with Crippen molar-refractivity contribution >= 4 is 5.97 Å².